The number of anilines is 2. The van der Waals surface area contributed by atoms with Gasteiger partial charge in [-0.05, 0) is 23.3 Å². The first-order valence-electron chi connectivity index (χ1n) is 7.98. The number of nitrogens with zero attached hydrogens (tertiary/aromatic N) is 2. The van der Waals surface area contributed by atoms with Crippen molar-refractivity contribution >= 4 is 35.1 Å². The molecule has 7 heteroatoms. The Morgan fingerprint density at radius 3 is 2.77 bits per heavy atom. The number of urea groups is 1. The molecule has 3 amide bonds. The molecule has 1 aliphatic heterocycles. The molecule has 0 aliphatic carbocycles. The van der Waals surface area contributed by atoms with E-state index >= 15 is 0 Å². The standard InChI is InChI=1S/C19H19N5O2/c1-12-10-21-23-18(25)15-8-14(9-16(20)17(12)15)22-19(26)24(2)11-13-6-4-3-5-7-13/h3-10H,1,11,20H2,2H3,(H,22,26)(H,23,25). The normalized spacial score (nSPS) is 12.8. The van der Waals surface area contributed by atoms with Crippen molar-refractivity contribution in [2.45, 2.75) is 6.54 Å². The number of rotatable bonds is 3. The van der Waals surface area contributed by atoms with E-state index in [1.807, 2.05) is 30.3 Å². The van der Waals surface area contributed by atoms with Gasteiger partial charge in [0, 0.05) is 30.5 Å². The number of amides is 3. The maximum atomic E-state index is 12.4. The van der Waals surface area contributed by atoms with Gasteiger partial charge in [0.15, 0.2) is 0 Å². The van der Waals surface area contributed by atoms with Gasteiger partial charge in [0.05, 0.1) is 11.8 Å². The first kappa shape index (κ1) is 17.2. The summed E-state index contributed by atoms with van der Waals surface area (Å²) in [5, 5.41) is 6.54. The van der Waals surface area contributed by atoms with Gasteiger partial charge in [-0.1, -0.05) is 36.9 Å². The zero-order valence-corrected chi connectivity index (χ0v) is 14.3. The number of carbonyl (C=O) groups is 2. The summed E-state index contributed by atoms with van der Waals surface area (Å²) in [5.74, 6) is -0.407. The zero-order chi connectivity index (χ0) is 18.7. The highest BCUT2D eigenvalue weighted by molar-refractivity contribution is 6.18. The van der Waals surface area contributed by atoms with Crippen LogP contribution in [0.2, 0.25) is 0 Å². The summed E-state index contributed by atoms with van der Waals surface area (Å²) in [6.07, 6.45) is 1.44. The van der Waals surface area contributed by atoms with Gasteiger partial charge in [-0.25, -0.2) is 10.2 Å². The van der Waals surface area contributed by atoms with Crippen LogP contribution in [0.1, 0.15) is 21.5 Å². The van der Waals surface area contributed by atoms with E-state index in [2.05, 4.69) is 22.4 Å². The molecule has 0 unspecified atom stereocenters. The van der Waals surface area contributed by atoms with Crippen molar-refractivity contribution < 1.29 is 9.59 Å². The summed E-state index contributed by atoms with van der Waals surface area (Å²) < 4.78 is 0. The molecule has 7 nitrogen and oxygen atoms in total. The van der Waals surface area contributed by atoms with Crippen LogP contribution >= 0.6 is 0 Å². The highest BCUT2D eigenvalue weighted by atomic mass is 16.2. The average molecular weight is 349 g/mol. The number of hydrazone groups is 1. The largest absolute Gasteiger partial charge is 0.398 e. The van der Waals surface area contributed by atoms with Gasteiger partial charge < -0.3 is 16.0 Å². The van der Waals surface area contributed by atoms with Gasteiger partial charge in [0.2, 0.25) is 0 Å². The minimum atomic E-state index is -0.407. The monoisotopic (exact) mass is 349 g/mol. The highest BCUT2D eigenvalue weighted by Gasteiger charge is 2.20. The third kappa shape index (κ3) is 3.56. The number of nitrogen functional groups attached to an aromatic ring is 1. The molecule has 0 saturated heterocycles. The fourth-order valence-corrected chi connectivity index (χ4v) is 2.72. The molecule has 2 aromatic rings. The van der Waals surface area contributed by atoms with Crippen LogP contribution in [0.5, 0.6) is 0 Å². The van der Waals surface area contributed by atoms with E-state index in [9.17, 15) is 9.59 Å². The van der Waals surface area contributed by atoms with Crippen LogP contribution < -0.4 is 16.5 Å². The molecular weight excluding hydrogens is 330 g/mol. The molecule has 0 spiro atoms. The Morgan fingerprint density at radius 2 is 2.04 bits per heavy atom. The van der Waals surface area contributed by atoms with E-state index in [1.54, 1.807) is 24.1 Å². The number of hydrogen-bond donors (Lipinski definition) is 3. The van der Waals surface area contributed by atoms with Crippen molar-refractivity contribution in [1.29, 1.82) is 0 Å². The molecule has 0 saturated carbocycles. The van der Waals surface area contributed by atoms with Crippen molar-refractivity contribution in [2.24, 2.45) is 5.10 Å². The summed E-state index contributed by atoms with van der Waals surface area (Å²) in [6.45, 7) is 4.32. The molecule has 2 aromatic carbocycles. The first-order valence-corrected chi connectivity index (χ1v) is 7.98. The van der Waals surface area contributed by atoms with E-state index in [-0.39, 0.29) is 6.03 Å². The molecule has 0 fully saturated rings. The van der Waals surface area contributed by atoms with E-state index in [4.69, 9.17) is 5.73 Å². The molecule has 0 bridgehead atoms. The van der Waals surface area contributed by atoms with Crippen molar-refractivity contribution in [1.82, 2.24) is 10.3 Å². The van der Waals surface area contributed by atoms with Gasteiger partial charge >= 0.3 is 6.03 Å². The lowest BCUT2D eigenvalue weighted by atomic mass is 9.98. The fraction of sp³-hybridized carbons (Fsp3) is 0.105. The van der Waals surface area contributed by atoms with E-state index in [0.717, 1.165) is 5.56 Å². The quantitative estimate of drug-likeness (QED) is 0.743. The van der Waals surface area contributed by atoms with Crippen LogP contribution in [-0.4, -0.2) is 30.1 Å². The highest BCUT2D eigenvalue weighted by Crippen LogP contribution is 2.29. The molecule has 26 heavy (non-hydrogen) atoms. The minimum Gasteiger partial charge on any atom is -0.398 e. The number of benzene rings is 2. The van der Waals surface area contributed by atoms with Crippen molar-refractivity contribution in [3.63, 3.8) is 0 Å². The number of allylic oxidation sites excluding steroid dienone is 1. The summed E-state index contributed by atoms with van der Waals surface area (Å²) in [5.41, 5.74) is 11.6. The molecule has 132 valence electrons. The molecule has 4 N–H and O–H groups in total. The lowest BCUT2D eigenvalue weighted by Crippen LogP contribution is -2.31. The Balaban J connectivity index is 1.80. The Kier molecular flexibility index (Phi) is 4.70. The molecule has 0 aromatic heterocycles. The average Bonchev–Trinajstić information content (AvgIpc) is 2.75. The second-order valence-corrected chi connectivity index (χ2v) is 5.98. The molecular formula is C19H19N5O2. The zero-order valence-electron chi connectivity index (χ0n) is 14.3. The SMILES string of the molecule is C=C1C=NNC(=O)c2cc(NC(=O)N(C)Cc3ccccc3)cc(N)c21. The molecule has 1 heterocycles. The van der Waals surface area contributed by atoms with Crippen LogP contribution in [-0.2, 0) is 6.54 Å². The predicted molar refractivity (Wildman–Crippen MR) is 103 cm³/mol. The summed E-state index contributed by atoms with van der Waals surface area (Å²) >= 11 is 0. The number of hydrogen-bond acceptors (Lipinski definition) is 4. The summed E-state index contributed by atoms with van der Waals surface area (Å²) in [7, 11) is 1.69. The van der Waals surface area contributed by atoms with Crippen LogP contribution in [0.4, 0.5) is 16.2 Å². The van der Waals surface area contributed by atoms with Gasteiger partial charge in [-0.2, -0.15) is 5.10 Å². The van der Waals surface area contributed by atoms with Crippen LogP contribution in [0.3, 0.4) is 0 Å². The number of fused-ring (bicyclic) bond motifs is 1. The lowest BCUT2D eigenvalue weighted by molar-refractivity contribution is 0.0955. The first-order chi connectivity index (χ1) is 12.5. The van der Waals surface area contributed by atoms with Gasteiger partial charge in [-0.15, -0.1) is 0 Å². The Morgan fingerprint density at radius 1 is 1.31 bits per heavy atom. The van der Waals surface area contributed by atoms with E-state index in [1.165, 1.54) is 6.21 Å². The molecule has 0 atom stereocenters. The third-order valence-corrected chi connectivity index (χ3v) is 3.98. The van der Waals surface area contributed by atoms with Gasteiger partial charge in [-0.3, -0.25) is 4.79 Å². The Hall–Kier alpha value is -3.61. The minimum absolute atomic E-state index is 0.308. The van der Waals surface area contributed by atoms with Crippen LogP contribution in [0.15, 0.2) is 54.1 Å². The fourth-order valence-electron chi connectivity index (χ4n) is 2.72. The molecule has 0 radical (unpaired) electrons. The second-order valence-electron chi connectivity index (χ2n) is 5.98. The molecule has 1 aliphatic rings. The summed E-state index contributed by atoms with van der Waals surface area (Å²) in [6, 6.07) is 12.5. The number of nitrogens with two attached hydrogens (primary N) is 1. The van der Waals surface area contributed by atoms with E-state index in [0.29, 0.717) is 34.6 Å². The van der Waals surface area contributed by atoms with Crippen LogP contribution in [0.25, 0.3) is 5.57 Å². The van der Waals surface area contributed by atoms with E-state index < -0.39 is 5.91 Å². The number of nitrogens with one attached hydrogen (secondary N) is 2. The summed E-state index contributed by atoms with van der Waals surface area (Å²) in [4.78, 5) is 26.2. The third-order valence-electron chi connectivity index (χ3n) is 3.98. The van der Waals surface area contributed by atoms with Gasteiger partial charge in [0.25, 0.3) is 5.91 Å². The smallest absolute Gasteiger partial charge is 0.321 e. The maximum absolute atomic E-state index is 12.4. The molecule has 3 rings (SSSR count). The van der Waals surface area contributed by atoms with Crippen molar-refractivity contribution in [3.05, 3.63) is 65.7 Å². The topological polar surface area (TPSA) is 99.8 Å². The predicted octanol–water partition coefficient (Wildman–Crippen LogP) is 2.68. The van der Waals surface area contributed by atoms with Gasteiger partial charge in [0.1, 0.15) is 0 Å². The second kappa shape index (κ2) is 7.10. The maximum Gasteiger partial charge on any atom is 0.321 e. The van der Waals surface area contributed by atoms with Crippen molar-refractivity contribution in [3.8, 4) is 0 Å². The van der Waals surface area contributed by atoms with Crippen LogP contribution in [0, 0.1) is 0 Å². The number of carbonyl (C=O) groups excluding carboxylic acids is 2. The lowest BCUT2D eigenvalue weighted by Gasteiger charge is -2.19. The Labute approximate surface area is 151 Å². The Bertz CT molecular complexity index is 906. The van der Waals surface area contributed by atoms with Crippen molar-refractivity contribution in [2.75, 3.05) is 18.1 Å².